The van der Waals surface area contributed by atoms with Crippen LogP contribution in [0.15, 0.2) is 23.6 Å². The van der Waals surface area contributed by atoms with Gasteiger partial charge in [0.25, 0.3) is 0 Å². The number of hydrogen-bond acceptors (Lipinski definition) is 4. The fourth-order valence-electron chi connectivity index (χ4n) is 1.80. The van der Waals surface area contributed by atoms with E-state index < -0.39 is 5.97 Å². The molecule has 0 saturated carbocycles. The van der Waals surface area contributed by atoms with Crippen molar-refractivity contribution in [3.8, 4) is 0 Å². The maximum absolute atomic E-state index is 10.7. The number of carboxylic acid groups (broad SMARTS) is 1. The summed E-state index contributed by atoms with van der Waals surface area (Å²) < 4.78 is 2.09. The van der Waals surface area contributed by atoms with Crippen molar-refractivity contribution in [3.05, 3.63) is 18.5 Å². The van der Waals surface area contributed by atoms with Crippen molar-refractivity contribution in [1.29, 1.82) is 0 Å². The summed E-state index contributed by atoms with van der Waals surface area (Å²) in [5.41, 5.74) is 1.84. The SMILES string of the molecule is CC(C)CCn1c(SCC(=O)O)nc2cnccc21. The van der Waals surface area contributed by atoms with Gasteiger partial charge in [0.15, 0.2) is 5.16 Å². The highest BCUT2D eigenvalue weighted by atomic mass is 32.2. The number of aliphatic carboxylic acids is 1. The first kappa shape index (κ1) is 13.9. The Balaban J connectivity index is 2.31. The quantitative estimate of drug-likeness (QED) is 0.823. The molecule has 5 nitrogen and oxygen atoms in total. The smallest absolute Gasteiger partial charge is 0.313 e. The molecule has 0 atom stereocenters. The van der Waals surface area contributed by atoms with Crippen LogP contribution in [0.3, 0.4) is 0 Å². The number of imidazole rings is 1. The fraction of sp³-hybridized carbons (Fsp3) is 0.462. The Morgan fingerprint density at radius 3 is 3.00 bits per heavy atom. The normalized spacial score (nSPS) is 11.3. The molecule has 102 valence electrons. The molecule has 0 fully saturated rings. The monoisotopic (exact) mass is 279 g/mol. The average molecular weight is 279 g/mol. The van der Waals surface area contributed by atoms with Crippen molar-refractivity contribution in [1.82, 2.24) is 14.5 Å². The molecule has 0 bridgehead atoms. The molecule has 2 heterocycles. The lowest BCUT2D eigenvalue weighted by molar-refractivity contribution is -0.133. The predicted octanol–water partition coefficient (Wildman–Crippen LogP) is 2.65. The lowest BCUT2D eigenvalue weighted by Crippen LogP contribution is -2.05. The van der Waals surface area contributed by atoms with E-state index in [0.717, 1.165) is 29.2 Å². The Kier molecular flexibility index (Phi) is 4.42. The van der Waals surface area contributed by atoms with E-state index in [1.807, 2.05) is 6.07 Å². The number of aromatic nitrogens is 3. The molecule has 2 rings (SSSR count). The Morgan fingerprint density at radius 1 is 1.53 bits per heavy atom. The number of thioether (sulfide) groups is 1. The van der Waals surface area contributed by atoms with Gasteiger partial charge in [-0.25, -0.2) is 4.98 Å². The Morgan fingerprint density at radius 2 is 2.32 bits per heavy atom. The highest BCUT2D eigenvalue weighted by molar-refractivity contribution is 7.99. The van der Waals surface area contributed by atoms with Crippen LogP contribution in [0.4, 0.5) is 0 Å². The summed E-state index contributed by atoms with van der Waals surface area (Å²) in [4.78, 5) is 19.2. The second kappa shape index (κ2) is 6.06. The number of fused-ring (bicyclic) bond motifs is 1. The third-order valence-electron chi connectivity index (χ3n) is 2.77. The molecule has 1 N–H and O–H groups in total. The zero-order valence-electron chi connectivity index (χ0n) is 11.0. The van der Waals surface area contributed by atoms with Gasteiger partial charge in [0.1, 0.15) is 5.52 Å². The minimum atomic E-state index is -0.828. The van der Waals surface area contributed by atoms with Crippen molar-refractivity contribution in [2.24, 2.45) is 5.92 Å². The molecule has 0 aliphatic heterocycles. The molecule has 0 saturated heterocycles. The summed E-state index contributed by atoms with van der Waals surface area (Å²) in [5.74, 6) is -0.208. The molecule has 0 amide bonds. The molecule has 0 unspecified atom stereocenters. The van der Waals surface area contributed by atoms with Crippen LogP contribution >= 0.6 is 11.8 Å². The Hall–Kier alpha value is -1.56. The number of nitrogens with zero attached hydrogens (tertiary/aromatic N) is 3. The van der Waals surface area contributed by atoms with Crippen LogP contribution in [-0.4, -0.2) is 31.4 Å². The van der Waals surface area contributed by atoms with E-state index in [1.54, 1.807) is 12.4 Å². The molecule has 2 aromatic rings. The van der Waals surface area contributed by atoms with E-state index in [9.17, 15) is 4.79 Å². The van der Waals surface area contributed by atoms with Crippen molar-refractivity contribution in [2.45, 2.75) is 32.0 Å². The number of rotatable bonds is 6. The van der Waals surface area contributed by atoms with Crippen LogP contribution in [0.25, 0.3) is 11.0 Å². The van der Waals surface area contributed by atoms with E-state index in [0.29, 0.717) is 5.92 Å². The van der Waals surface area contributed by atoms with Gasteiger partial charge in [0.2, 0.25) is 0 Å². The van der Waals surface area contributed by atoms with Gasteiger partial charge in [-0.15, -0.1) is 0 Å². The number of carbonyl (C=O) groups is 1. The van der Waals surface area contributed by atoms with Crippen molar-refractivity contribution >= 4 is 28.8 Å². The first-order chi connectivity index (χ1) is 9.08. The second-order valence-corrected chi connectivity index (χ2v) is 5.72. The average Bonchev–Trinajstić information content (AvgIpc) is 2.71. The lowest BCUT2D eigenvalue weighted by atomic mass is 10.1. The van der Waals surface area contributed by atoms with E-state index in [2.05, 4.69) is 28.4 Å². The molecule has 0 aliphatic rings. The van der Waals surface area contributed by atoms with Gasteiger partial charge in [-0.3, -0.25) is 9.78 Å². The van der Waals surface area contributed by atoms with E-state index >= 15 is 0 Å². The first-order valence-electron chi connectivity index (χ1n) is 6.22. The third kappa shape index (κ3) is 3.47. The minimum Gasteiger partial charge on any atom is -0.481 e. The standard InChI is InChI=1S/C13H17N3O2S/c1-9(2)4-6-16-11-3-5-14-7-10(11)15-13(16)19-8-12(17)18/h3,5,7,9H,4,6,8H2,1-2H3,(H,17,18). The maximum Gasteiger partial charge on any atom is 0.313 e. The van der Waals surface area contributed by atoms with Crippen LogP contribution in [-0.2, 0) is 11.3 Å². The summed E-state index contributed by atoms with van der Waals surface area (Å²) in [6.07, 6.45) is 4.49. The van der Waals surface area contributed by atoms with Gasteiger partial charge < -0.3 is 9.67 Å². The van der Waals surface area contributed by atoms with Gasteiger partial charge in [0.05, 0.1) is 17.5 Å². The summed E-state index contributed by atoms with van der Waals surface area (Å²) in [5, 5.41) is 9.54. The van der Waals surface area contributed by atoms with Gasteiger partial charge >= 0.3 is 5.97 Å². The van der Waals surface area contributed by atoms with Crippen LogP contribution in [0.5, 0.6) is 0 Å². The van der Waals surface area contributed by atoms with Crippen LogP contribution in [0.1, 0.15) is 20.3 Å². The van der Waals surface area contributed by atoms with Crippen molar-refractivity contribution in [2.75, 3.05) is 5.75 Å². The fourth-order valence-corrected chi connectivity index (χ4v) is 2.56. The number of carboxylic acids is 1. The van der Waals surface area contributed by atoms with Gasteiger partial charge in [-0.05, 0) is 18.4 Å². The zero-order chi connectivity index (χ0) is 13.8. The van der Waals surface area contributed by atoms with Gasteiger partial charge in [-0.2, -0.15) is 0 Å². The number of aryl methyl sites for hydroxylation is 1. The van der Waals surface area contributed by atoms with Gasteiger partial charge in [-0.1, -0.05) is 25.6 Å². The van der Waals surface area contributed by atoms with E-state index in [4.69, 9.17) is 5.11 Å². The molecular weight excluding hydrogens is 262 g/mol. The summed E-state index contributed by atoms with van der Waals surface area (Å²) in [6, 6.07) is 1.92. The predicted molar refractivity (Wildman–Crippen MR) is 75.3 cm³/mol. The van der Waals surface area contributed by atoms with E-state index in [-0.39, 0.29) is 5.75 Å². The van der Waals surface area contributed by atoms with Gasteiger partial charge in [0, 0.05) is 12.7 Å². The zero-order valence-corrected chi connectivity index (χ0v) is 11.9. The number of pyridine rings is 1. The first-order valence-corrected chi connectivity index (χ1v) is 7.21. The van der Waals surface area contributed by atoms with Crippen molar-refractivity contribution in [3.63, 3.8) is 0 Å². The Bertz CT molecular complexity index is 580. The molecule has 19 heavy (non-hydrogen) atoms. The number of hydrogen-bond donors (Lipinski definition) is 1. The van der Waals surface area contributed by atoms with Crippen LogP contribution < -0.4 is 0 Å². The molecular formula is C13H17N3O2S. The highest BCUT2D eigenvalue weighted by Crippen LogP contribution is 2.24. The lowest BCUT2D eigenvalue weighted by Gasteiger charge is -2.09. The Labute approximate surface area is 116 Å². The minimum absolute atomic E-state index is 0.0262. The summed E-state index contributed by atoms with van der Waals surface area (Å²) in [6.45, 7) is 5.19. The highest BCUT2D eigenvalue weighted by Gasteiger charge is 2.12. The molecule has 0 spiro atoms. The largest absolute Gasteiger partial charge is 0.481 e. The maximum atomic E-state index is 10.7. The van der Waals surface area contributed by atoms with E-state index in [1.165, 1.54) is 11.8 Å². The summed E-state index contributed by atoms with van der Waals surface area (Å²) >= 11 is 1.26. The molecule has 2 aromatic heterocycles. The second-order valence-electron chi connectivity index (χ2n) is 4.78. The van der Waals surface area contributed by atoms with Crippen molar-refractivity contribution < 1.29 is 9.90 Å². The molecule has 6 heteroatoms. The topological polar surface area (TPSA) is 68.0 Å². The summed E-state index contributed by atoms with van der Waals surface area (Å²) in [7, 11) is 0. The molecule has 0 aromatic carbocycles. The molecule has 0 aliphatic carbocycles. The van der Waals surface area contributed by atoms with Crippen LogP contribution in [0, 0.1) is 5.92 Å². The third-order valence-corrected chi connectivity index (χ3v) is 3.73. The van der Waals surface area contributed by atoms with Crippen LogP contribution in [0.2, 0.25) is 0 Å². The molecule has 0 radical (unpaired) electrons.